The molecule has 0 spiro atoms. The summed E-state index contributed by atoms with van der Waals surface area (Å²) in [7, 11) is 0. The Hall–Kier alpha value is -3.42. The summed E-state index contributed by atoms with van der Waals surface area (Å²) in [5.74, 6) is 0.0602. The monoisotopic (exact) mass is 446 g/mol. The van der Waals surface area contributed by atoms with Crippen LogP contribution in [0.4, 0.5) is 15.9 Å². The molecule has 6 rings (SSSR count). The minimum Gasteiger partial charge on any atom is -0.382 e. The fourth-order valence-corrected chi connectivity index (χ4v) is 5.27. The Labute approximate surface area is 192 Å². The molecule has 1 aromatic carbocycles. The summed E-state index contributed by atoms with van der Waals surface area (Å²) in [6.45, 7) is 3.97. The number of aromatic nitrogens is 3. The normalized spacial score (nSPS) is 20.1. The molecule has 170 valence electrons. The third-order valence-corrected chi connectivity index (χ3v) is 7.10. The number of rotatable bonds is 2. The number of hydrogen-bond donors (Lipinski definition) is 1. The average Bonchev–Trinajstić information content (AvgIpc) is 3.39. The fourth-order valence-electron chi connectivity index (χ4n) is 5.27. The van der Waals surface area contributed by atoms with Gasteiger partial charge in [-0.2, -0.15) is 5.10 Å². The van der Waals surface area contributed by atoms with Gasteiger partial charge in [0.25, 0.3) is 5.91 Å². The smallest absolute Gasteiger partial charge is 0.254 e. The average molecular weight is 447 g/mol. The molecule has 2 aromatic heterocycles. The van der Waals surface area contributed by atoms with Crippen molar-refractivity contribution in [1.82, 2.24) is 19.7 Å². The van der Waals surface area contributed by atoms with Gasteiger partial charge in [-0.1, -0.05) is 0 Å². The second-order valence-corrected chi connectivity index (χ2v) is 9.22. The topological polar surface area (TPSA) is 80.3 Å². The van der Waals surface area contributed by atoms with E-state index in [1.807, 2.05) is 22.7 Å². The summed E-state index contributed by atoms with van der Waals surface area (Å²) >= 11 is 0. The molecule has 0 unspecified atom stereocenters. The van der Waals surface area contributed by atoms with Gasteiger partial charge in [-0.15, -0.1) is 0 Å². The van der Waals surface area contributed by atoms with Gasteiger partial charge in [0.05, 0.1) is 24.0 Å². The molecular formula is C25H27FN6O. The van der Waals surface area contributed by atoms with Gasteiger partial charge in [-0.25, -0.2) is 9.37 Å². The van der Waals surface area contributed by atoms with Crippen molar-refractivity contribution in [3.8, 4) is 11.1 Å². The van der Waals surface area contributed by atoms with Crippen LogP contribution in [0.15, 0.2) is 36.7 Å². The molecule has 1 saturated carbocycles. The lowest BCUT2D eigenvalue weighted by molar-refractivity contribution is 0.0726. The Balaban J connectivity index is 1.60. The third-order valence-electron chi connectivity index (χ3n) is 7.10. The van der Waals surface area contributed by atoms with Crippen LogP contribution in [0.25, 0.3) is 11.1 Å². The molecular weight excluding hydrogens is 419 g/mol. The minimum atomic E-state index is -0.331. The Morgan fingerprint density at radius 1 is 1.15 bits per heavy atom. The number of nitrogens with zero attached hydrogens (tertiary/aromatic N) is 5. The number of pyridine rings is 1. The van der Waals surface area contributed by atoms with E-state index < -0.39 is 0 Å². The lowest BCUT2D eigenvalue weighted by Gasteiger charge is -2.31. The first-order valence-corrected chi connectivity index (χ1v) is 11.7. The number of halogens is 1. The number of nitrogens with two attached hydrogens (primary N) is 1. The van der Waals surface area contributed by atoms with E-state index in [1.54, 1.807) is 12.3 Å². The largest absolute Gasteiger partial charge is 0.382 e. The van der Waals surface area contributed by atoms with Crippen molar-refractivity contribution in [2.24, 2.45) is 0 Å². The number of fused-ring (bicyclic) bond motifs is 8. The van der Waals surface area contributed by atoms with Crippen LogP contribution in [-0.4, -0.2) is 38.2 Å². The highest BCUT2D eigenvalue weighted by Crippen LogP contribution is 2.43. The number of carbonyl (C=O) groups excluding carboxylic acids is 1. The molecule has 1 amide bonds. The molecule has 8 heteroatoms. The van der Waals surface area contributed by atoms with Crippen molar-refractivity contribution >= 4 is 17.4 Å². The van der Waals surface area contributed by atoms with Crippen molar-refractivity contribution in [1.29, 1.82) is 0 Å². The first kappa shape index (κ1) is 20.2. The number of benzene rings is 1. The highest BCUT2D eigenvalue weighted by atomic mass is 19.1. The lowest BCUT2D eigenvalue weighted by Crippen LogP contribution is -2.35. The zero-order valence-corrected chi connectivity index (χ0v) is 18.7. The molecule has 4 heterocycles. The van der Waals surface area contributed by atoms with Crippen LogP contribution >= 0.6 is 0 Å². The number of nitrogen functional groups attached to an aromatic ring is 1. The lowest BCUT2D eigenvalue weighted by atomic mass is 9.96. The molecule has 1 atom stereocenters. The maximum Gasteiger partial charge on any atom is 0.254 e. The molecule has 1 saturated heterocycles. The van der Waals surface area contributed by atoms with Gasteiger partial charge in [0.15, 0.2) is 0 Å². The van der Waals surface area contributed by atoms with Gasteiger partial charge in [0.1, 0.15) is 11.6 Å². The van der Waals surface area contributed by atoms with E-state index in [9.17, 15) is 9.18 Å². The van der Waals surface area contributed by atoms with E-state index >= 15 is 0 Å². The zero-order chi connectivity index (χ0) is 22.7. The molecule has 2 N–H and O–H groups in total. The summed E-state index contributed by atoms with van der Waals surface area (Å²) in [5, 5.41) is 4.79. The van der Waals surface area contributed by atoms with Crippen LogP contribution in [0.2, 0.25) is 0 Å². The van der Waals surface area contributed by atoms with Gasteiger partial charge in [0.2, 0.25) is 0 Å². The van der Waals surface area contributed by atoms with Crippen LogP contribution in [0.1, 0.15) is 60.3 Å². The van der Waals surface area contributed by atoms with E-state index in [0.29, 0.717) is 17.9 Å². The fraction of sp³-hybridized carbons (Fsp3) is 0.400. The van der Waals surface area contributed by atoms with Crippen LogP contribution < -0.4 is 10.6 Å². The minimum absolute atomic E-state index is 0.0494. The second-order valence-electron chi connectivity index (χ2n) is 9.22. The van der Waals surface area contributed by atoms with Crippen molar-refractivity contribution in [3.63, 3.8) is 0 Å². The van der Waals surface area contributed by atoms with Crippen molar-refractivity contribution in [2.75, 3.05) is 17.2 Å². The predicted octanol–water partition coefficient (Wildman–Crippen LogP) is 4.15. The van der Waals surface area contributed by atoms with Crippen LogP contribution in [-0.2, 0) is 13.1 Å². The molecule has 3 aliphatic rings. The molecule has 7 nitrogen and oxygen atoms in total. The predicted molar refractivity (Wildman–Crippen MR) is 124 cm³/mol. The zero-order valence-electron chi connectivity index (χ0n) is 18.7. The van der Waals surface area contributed by atoms with Crippen molar-refractivity contribution in [3.05, 3.63) is 59.3 Å². The summed E-state index contributed by atoms with van der Waals surface area (Å²) in [6, 6.07) is 6.70. The maximum atomic E-state index is 14.4. The van der Waals surface area contributed by atoms with Crippen LogP contribution in [0.5, 0.6) is 0 Å². The molecule has 1 aliphatic carbocycles. The number of amides is 1. The van der Waals surface area contributed by atoms with E-state index in [0.717, 1.165) is 66.8 Å². The Kier molecular flexibility index (Phi) is 4.64. The van der Waals surface area contributed by atoms with Crippen molar-refractivity contribution in [2.45, 2.75) is 57.8 Å². The molecule has 3 aromatic rings. The Morgan fingerprint density at radius 3 is 2.79 bits per heavy atom. The van der Waals surface area contributed by atoms with Crippen LogP contribution in [0.3, 0.4) is 0 Å². The number of aryl methyl sites for hydroxylation is 1. The molecule has 2 fully saturated rings. The summed E-state index contributed by atoms with van der Waals surface area (Å²) < 4.78 is 16.3. The van der Waals surface area contributed by atoms with Gasteiger partial charge in [-0.3, -0.25) is 9.48 Å². The van der Waals surface area contributed by atoms with E-state index in [4.69, 9.17) is 10.8 Å². The summed E-state index contributed by atoms with van der Waals surface area (Å²) in [5.41, 5.74) is 11.2. The first-order chi connectivity index (χ1) is 16.0. The van der Waals surface area contributed by atoms with Gasteiger partial charge in [0, 0.05) is 48.2 Å². The van der Waals surface area contributed by atoms with Gasteiger partial charge in [-0.05, 0) is 62.4 Å². The molecule has 33 heavy (non-hydrogen) atoms. The highest BCUT2D eigenvalue weighted by molar-refractivity contribution is 5.96. The standard InChI is InChI=1S/C25H27FN6O/c1-2-30-13-20-15-10-23(24(27)28-12-15)31-9-3-4-22(31)19-11-16(26)5-8-18(19)25(33)32(17-6-7-17)14-21(20)29-30/h5,8,10-13,17,22H,2-4,6-7,9,14H2,1H3,(H2,27,28)/t22-/m1/s1. The van der Waals surface area contributed by atoms with E-state index in [1.165, 1.54) is 12.1 Å². The summed E-state index contributed by atoms with van der Waals surface area (Å²) in [6.07, 6.45) is 7.54. The quantitative estimate of drug-likeness (QED) is 0.640. The van der Waals surface area contributed by atoms with E-state index in [-0.39, 0.29) is 23.8 Å². The number of carbonyl (C=O) groups is 1. The summed E-state index contributed by atoms with van der Waals surface area (Å²) in [4.78, 5) is 22.5. The second kappa shape index (κ2) is 7.57. The molecule has 2 bridgehead atoms. The Bertz CT molecular complexity index is 1250. The third kappa shape index (κ3) is 3.35. The number of anilines is 2. The van der Waals surface area contributed by atoms with E-state index in [2.05, 4.69) is 16.0 Å². The SMILES string of the molecule is CCn1cc2c(n1)CN(C1CC1)C(=O)c1ccc(F)cc1[C@H]1CCCN1c1cc-2cnc1N. The molecule has 2 aliphatic heterocycles. The van der Waals surface area contributed by atoms with Crippen LogP contribution in [0, 0.1) is 5.82 Å². The highest BCUT2D eigenvalue weighted by Gasteiger charge is 2.38. The number of hydrogen-bond acceptors (Lipinski definition) is 5. The maximum absolute atomic E-state index is 14.4. The van der Waals surface area contributed by atoms with Gasteiger partial charge >= 0.3 is 0 Å². The van der Waals surface area contributed by atoms with Gasteiger partial charge < -0.3 is 15.5 Å². The van der Waals surface area contributed by atoms with Crippen molar-refractivity contribution < 1.29 is 9.18 Å². The first-order valence-electron chi connectivity index (χ1n) is 11.7. The Morgan fingerprint density at radius 2 is 2.00 bits per heavy atom. The molecule has 0 radical (unpaired) electrons.